The summed E-state index contributed by atoms with van der Waals surface area (Å²) in [5.41, 5.74) is 25.7. The highest BCUT2D eigenvalue weighted by Gasteiger charge is 2.27. The summed E-state index contributed by atoms with van der Waals surface area (Å²) < 4.78 is 16.2. The van der Waals surface area contributed by atoms with Gasteiger partial charge in [-0.1, -0.05) is 243 Å². The molecule has 0 saturated heterocycles. The van der Waals surface area contributed by atoms with Gasteiger partial charge in [-0.05, 0) is 228 Å². The molecule has 18 aromatic carbocycles. The number of anilines is 12. The van der Waals surface area contributed by atoms with Crippen LogP contribution in [-0.2, 0) is 0 Å². The third-order valence-corrected chi connectivity index (χ3v) is 27.2. The Labute approximate surface area is 722 Å². The fourth-order valence-electron chi connectivity index (χ4n) is 18.0. The van der Waals surface area contributed by atoms with E-state index in [1.54, 1.807) is 0 Å². The molecule has 0 spiro atoms. The van der Waals surface area contributed by atoms with Crippen LogP contribution in [0.3, 0.4) is 0 Å². The van der Waals surface area contributed by atoms with Gasteiger partial charge >= 0.3 is 0 Å². The van der Waals surface area contributed by atoms with Crippen LogP contribution in [0.15, 0.2) is 454 Å². The topological polar surface area (TPSA) is 43.9 Å². The molecule has 6 heterocycles. The summed E-state index contributed by atoms with van der Waals surface area (Å²) in [6.07, 6.45) is 3.73. The van der Waals surface area contributed by atoms with Crippen LogP contribution in [0.5, 0.6) is 0 Å². The van der Waals surface area contributed by atoms with Crippen LogP contribution >= 0.6 is 34.0 Å². The Hall–Kier alpha value is -15.4. The van der Waals surface area contributed by atoms with Crippen molar-refractivity contribution >= 4 is 207 Å². The minimum atomic E-state index is 0.874. The van der Waals surface area contributed by atoms with Gasteiger partial charge in [-0.3, -0.25) is 4.98 Å². The first kappa shape index (κ1) is 72.8. The molecule has 0 amide bonds. The highest BCUT2D eigenvalue weighted by atomic mass is 32.1. The number of aromatic nitrogens is 2. The fraction of sp³-hybridized carbons (Fsp3) is 0. The van der Waals surface area contributed by atoms with Gasteiger partial charge in [0.2, 0.25) is 0 Å². The zero-order valence-corrected chi connectivity index (χ0v) is 69.0. The molecule has 0 radical (unpaired) electrons. The molecule has 6 aromatic heterocycles. The second kappa shape index (κ2) is 31.1. The molecule has 0 fully saturated rings. The second-order valence-electron chi connectivity index (χ2n) is 30.9. The molecule has 0 aliphatic carbocycles. The molecule has 0 bridgehead atoms. The van der Waals surface area contributed by atoms with Crippen LogP contribution < -0.4 is 19.6 Å². The summed E-state index contributed by atoms with van der Waals surface area (Å²) in [5, 5.41) is 12.2. The number of benzene rings is 18. The van der Waals surface area contributed by atoms with E-state index in [-0.39, 0.29) is 0 Å². The van der Waals surface area contributed by atoms with Crippen molar-refractivity contribution in [2.75, 3.05) is 19.6 Å². The number of fused-ring (bicyclic) bond motifs is 15. The third-order valence-electron chi connectivity index (χ3n) is 23.7. The predicted octanol–water partition coefficient (Wildman–Crippen LogP) is 33.7. The molecule has 0 aliphatic heterocycles. The number of para-hydroxylation sites is 6. The Morgan fingerprint density at radius 3 is 1.35 bits per heavy atom. The average Bonchev–Trinajstić information content (AvgIpc) is 1.60. The molecule has 0 aliphatic rings. The summed E-state index contributed by atoms with van der Waals surface area (Å²) in [6.45, 7) is 0. The maximum Gasteiger partial charge on any atom is 0.135 e. The largest absolute Gasteiger partial charge is 0.456 e. The number of hydrogen-bond donors (Lipinski definition) is 0. The van der Waals surface area contributed by atoms with E-state index in [1.807, 2.05) is 64.6 Å². The van der Waals surface area contributed by atoms with Gasteiger partial charge < -0.3 is 28.6 Å². The van der Waals surface area contributed by atoms with E-state index in [1.165, 1.54) is 105 Å². The fourth-order valence-corrected chi connectivity index (χ4v) is 21.6. The Morgan fingerprint density at radius 1 is 0.228 bits per heavy atom. The van der Waals surface area contributed by atoms with Crippen LogP contribution in [0.1, 0.15) is 0 Å². The molecule has 0 atom stereocenters. The summed E-state index contributed by atoms with van der Waals surface area (Å²) in [6, 6.07) is 158. The predicted molar refractivity (Wildman–Crippen MR) is 526 cm³/mol. The lowest BCUT2D eigenvalue weighted by molar-refractivity contribution is 0.669. The van der Waals surface area contributed by atoms with E-state index in [0.717, 1.165) is 107 Å². The number of thiophene rings is 3. The molecular formula is C113H74N6OS3. The van der Waals surface area contributed by atoms with Crippen molar-refractivity contribution in [2.24, 2.45) is 0 Å². The Balaban J connectivity index is 0.000000143. The molecule has 24 aromatic rings. The van der Waals surface area contributed by atoms with E-state index in [0.29, 0.717) is 0 Å². The minimum Gasteiger partial charge on any atom is -0.456 e. The molecule has 0 saturated carbocycles. The van der Waals surface area contributed by atoms with Crippen LogP contribution in [0, 0.1) is 0 Å². The third kappa shape index (κ3) is 13.2. The number of rotatable bonds is 16. The maximum atomic E-state index is 6.29. The Kier molecular flexibility index (Phi) is 18.4. The van der Waals surface area contributed by atoms with Crippen molar-refractivity contribution in [3.05, 3.63) is 449 Å². The van der Waals surface area contributed by atoms with Gasteiger partial charge in [0, 0.05) is 148 Å². The molecule has 0 N–H and O–H groups in total. The van der Waals surface area contributed by atoms with Gasteiger partial charge in [-0.2, -0.15) is 0 Å². The van der Waals surface area contributed by atoms with Gasteiger partial charge in [-0.15, -0.1) is 34.0 Å². The summed E-state index contributed by atoms with van der Waals surface area (Å²) in [7, 11) is 0. The molecule has 24 rings (SSSR count). The van der Waals surface area contributed by atoms with Crippen molar-refractivity contribution < 1.29 is 4.42 Å². The monoisotopic (exact) mass is 1630 g/mol. The Bertz CT molecular complexity index is 8020. The van der Waals surface area contributed by atoms with E-state index in [9.17, 15) is 0 Å². The van der Waals surface area contributed by atoms with Gasteiger partial charge in [0.25, 0.3) is 0 Å². The minimum absolute atomic E-state index is 0.874. The number of pyridine rings is 1. The van der Waals surface area contributed by atoms with E-state index in [2.05, 4.69) is 448 Å². The maximum absolute atomic E-state index is 6.29. The number of hydrogen-bond acceptors (Lipinski definition) is 9. The van der Waals surface area contributed by atoms with Gasteiger partial charge in [0.1, 0.15) is 11.2 Å². The smallest absolute Gasteiger partial charge is 0.135 e. The van der Waals surface area contributed by atoms with Crippen molar-refractivity contribution in [1.82, 2.24) is 9.55 Å². The molecule has 7 nitrogen and oxygen atoms in total. The van der Waals surface area contributed by atoms with Gasteiger partial charge in [0.05, 0.1) is 31.8 Å². The van der Waals surface area contributed by atoms with Crippen molar-refractivity contribution in [3.8, 4) is 39.1 Å². The van der Waals surface area contributed by atoms with Gasteiger partial charge in [0.15, 0.2) is 0 Å². The van der Waals surface area contributed by atoms with E-state index >= 15 is 0 Å². The first-order valence-corrected chi connectivity index (χ1v) is 43.9. The lowest BCUT2D eigenvalue weighted by Gasteiger charge is -2.26. The zero-order valence-electron chi connectivity index (χ0n) is 66.5. The van der Waals surface area contributed by atoms with Crippen LogP contribution in [0.25, 0.3) is 143 Å². The average molecular weight is 1630 g/mol. The van der Waals surface area contributed by atoms with Crippen LogP contribution in [0.2, 0.25) is 0 Å². The summed E-state index contributed by atoms with van der Waals surface area (Å²) >= 11 is 5.58. The van der Waals surface area contributed by atoms with Gasteiger partial charge in [-0.25, -0.2) is 0 Å². The number of nitrogens with zero attached hydrogens (tertiary/aromatic N) is 6. The van der Waals surface area contributed by atoms with Crippen molar-refractivity contribution in [2.45, 2.75) is 0 Å². The molecular weight excluding hydrogens is 1550 g/mol. The molecule has 580 valence electrons. The first-order valence-electron chi connectivity index (χ1n) is 41.4. The van der Waals surface area contributed by atoms with E-state index in [4.69, 9.17) is 4.42 Å². The van der Waals surface area contributed by atoms with Crippen LogP contribution in [-0.4, -0.2) is 9.55 Å². The van der Waals surface area contributed by atoms with Crippen LogP contribution in [0.4, 0.5) is 68.2 Å². The second-order valence-corrected chi connectivity index (χ2v) is 34.1. The first-order chi connectivity index (χ1) is 61.0. The quantitative estimate of drug-likeness (QED) is 0.0961. The normalized spacial score (nSPS) is 11.6. The lowest BCUT2D eigenvalue weighted by atomic mass is 9.98. The van der Waals surface area contributed by atoms with Crippen molar-refractivity contribution in [3.63, 3.8) is 0 Å². The standard InChI is InChI=1S/C59H37N3OS2.C54H37N3S/c1-2-10-38(11-3-1)39-19-25-43(26-20-39)62(46-27-30-49-48-14-5-7-18-56(48)64-58(49)36-46)53-16-8-15-50-52-35-45(29-32-57(52)65-59(50)53)61(42-23-21-40(22-24-42)41-12-9-33-60-37-41)44-28-31-55-51(34-44)47-13-4-6-17-54(47)63-55;1-6-18-38(19-7-1)45-32-34-51(56(40-22-10-3-11-23-40)41-24-12-4-13-25-41)54-53(45)48-37-44(31-35-52(48)58-54)55(39-20-8-2-9-21-39)43-30-33-50-47(36-43)46-28-16-17-29-49(46)57(50)42-26-14-5-15-27-42/h1-37H;1-37H. The summed E-state index contributed by atoms with van der Waals surface area (Å²) in [5.74, 6) is 0. The molecule has 0 unspecified atom stereocenters. The highest BCUT2D eigenvalue weighted by molar-refractivity contribution is 7.27. The SMILES string of the molecule is c1ccc(-c2ccc(N(c3ccc4c(c3)sc3ccccc34)c3cccc4c3sc3ccc(N(c5ccc(-c6cccnc6)cc5)c5ccc6oc7ccccc7c6c5)cc34)cc2)cc1.c1ccc(-c2ccc(N(c3ccccc3)c3ccccc3)c3sc4ccc(N(c5ccccc5)c5ccc6c(c5)c5ccccc5n6-c5ccccc5)cc4c23)cc1. The lowest BCUT2D eigenvalue weighted by Crippen LogP contribution is -2.10. The van der Waals surface area contributed by atoms with Crippen molar-refractivity contribution in [1.29, 1.82) is 0 Å². The zero-order chi connectivity index (χ0) is 81.3. The van der Waals surface area contributed by atoms with E-state index < -0.39 is 0 Å². The summed E-state index contributed by atoms with van der Waals surface area (Å²) in [4.78, 5) is 14.0. The number of furan rings is 1. The Morgan fingerprint density at radius 2 is 0.667 bits per heavy atom. The molecule has 123 heavy (non-hydrogen) atoms. The highest BCUT2D eigenvalue weighted by Crippen LogP contribution is 2.53. The molecule has 10 heteroatoms.